The molecule has 0 bridgehead atoms. The smallest absolute Gasteiger partial charge is 0.271 e. The van der Waals surface area contributed by atoms with Crippen LogP contribution < -0.4 is 10.5 Å². The van der Waals surface area contributed by atoms with Crippen LogP contribution in [0.3, 0.4) is 0 Å². The molecular weight excluding hydrogens is 258 g/mol. The largest absolute Gasteiger partial charge is 0.384 e. The maximum absolute atomic E-state index is 12.0. The molecule has 3 N–H and O–H groups in total. The Hall–Kier alpha value is -1.60. The first-order chi connectivity index (χ1) is 7.99. The molecule has 0 saturated carbocycles. The number of nitrogens with one attached hydrogen (secondary N) is 1. The zero-order valence-corrected chi connectivity index (χ0v) is 10.7. The third kappa shape index (κ3) is 2.56. The first kappa shape index (κ1) is 11.9. The SMILES string of the molecule is Cc1ccsc1S(=O)(=O)Nc1ccc(N)nc1. The third-order valence-electron chi connectivity index (χ3n) is 2.10. The van der Waals surface area contributed by atoms with Gasteiger partial charge < -0.3 is 5.73 Å². The van der Waals surface area contributed by atoms with Crippen LogP contribution in [-0.2, 0) is 10.0 Å². The molecule has 0 amide bonds. The number of rotatable bonds is 3. The number of nitrogens with two attached hydrogens (primary N) is 1. The highest BCUT2D eigenvalue weighted by Gasteiger charge is 2.18. The van der Waals surface area contributed by atoms with E-state index >= 15 is 0 Å². The zero-order valence-electron chi connectivity index (χ0n) is 9.04. The number of nitrogens with zero attached hydrogens (tertiary/aromatic N) is 1. The van der Waals surface area contributed by atoms with Gasteiger partial charge >= 0.3 is 0 Å². The Balaban J connectivity index is 2.30. The molecule has 5 nitrogen and oxygen atoms in total. The molecule has 0 aromatic carbocycles. The van der Waals surface area contributed by atoms with Gasteiger partial charge in [0.15, 0.2) is 0 Å². The lowest BCUT2D eigenvalue weighted by Crippen LogP contribution is -2.12. The lowest BCUT2D eigenvalue weighted by Gasteiger charge is -2.06. The van der Waals surface area contributed by atoms with Crippen molar-refractivity contribution in [3.63, 3.8) is 0 Å². The Morgan fingerprint density at radius 2 is 2.12 bits per heavy atom. The van der Waals surface area contributed by atoms with Crippen molar-refractivity contribution in [1.82, 2.24) is 4.98 Å². The Bertz CT molecular complexity index is 617. The zero-order chi connectivity index (χ0) is 12.5. The number of aryl methyl sites for hydroxylation is 1. The average molecular weight is 269 g/mol. The van der Waals surface area contributed by atoms with Gasteiger partial charge in [-0.2, -0.15) is 0 Å². The van der Waals surface area contributed by atoms with E-state index in [1.165, 1.54) is 17.5 Å². The van der Waals surface area contributed by atoms with Crippen molar-refractivity contribution in [2.75, 3.05) is 10.5 Å². The van der Waals surface area contributed by atoms with Gasteiger partial charge in [0, 0.05) is 0 Å². The predicted molar refractivity (Wildman–Crippen MR) is 68.5 cm³/mol. The molecule has 2 aromatic heterocycles. The van der Waals surface area contributed by atoms with Crippen molar-refractivity contribution < 1.29 is 8.42 Å². The monoisotopic (exact) mass is 269 g/mol. The first-order valence-corrected chi connectivity index (χ1v) is 7.14. The second kappa shape index (κ2) is 4.34. The summed E-state index contributed by atoms with van der Waals surface area (Å²) in [5, 5.41) is 1.74. The van der Waals surface area contributed by atoms with E-state index in [-0.39, 0.29) is 0 Å². The van der Waals surface area contributed by atoms with Crippen molar-refractivity contribution in [3.8, 4) is 0 Å². The van der Waals surface area contributed by atoms with Gasteiger partial charge in [-0.05, 0) is 36.1 Å². The van der Waals surface area contributed by atoms with Gasteiger partial charge in [-0.3, -0.25) is 4.72 Å². The van der Waals surface area contributed by atoms with Crippen LogP contribution in [0.15, 0.2) is 34.0 Å². The number of hydrogen-bond donors (Lipinski definition) is 2. The van der Waals surface area contributed by atoms with Crippen molar-refractivity contribution in [2.45, 2.75) is 11.1 Å². The molecule has 17 heavy (non-hydrogen) atoms. The number of thiophene rings is 1. The van der Waals surface area contributed by atoms with E-state index in [2.05, 4.69) is 9.71 Å². The Kier molecular flexibility index (Phi) is 3.03. The summed E-state index contributed by atoms with van der Waals surface area (Å²) in [4.78, 5) is 3.82. The van der Waals surface area contributed by atoms with Crippen LogP contribution >= 0.6 is 11.3 Å². The lowest BCUT2D eigenvalue weighted by molar-refractivity contribution is 0.602. The van der Waals surface area contributed by atoms with Crippen LogP contribution in [0.25, 0.3) is 0 Å². The normalized spacial score (nSPS) is 11.4. The van der Waals surface area contributed by atoms with Gasteiger partial charge in [-0.1, -0.05) is 0 Å². The van der Waals surface area contributed by atoms with Crippen molar-refractivity contribution in [3.05, 3.63) is 35.3 Å². The van der Waals surface area contributed by atoms with E-state index < -0.39 is 10.0 Å². The molecule has 0 aliphatic heterocycles. The highest BCUT2D eigenvalue weighted by atomic mass is 32.2. The summed E-state index contributed by atoms with van der Waals surface area (Å²) in [5.74, 6) is 0.347. The quantitative estimate of drug-likeness (QED) is 0.890. The highest BCUT2D eigenvalue weighted by Crippen LogP contribution is 2.24. The fourth-order valence-corrected chi connectivity index (χ4v) is 3.77. The minimum absolute atomic E-state index is 0.314. The molecule has 0 saturated heterocycles. The predicted octanol–water partition coefficient (Wildman–Crippen LogP) is 1.83. The molecule has 0 spiro atoms. The molecule has 0 radical (unpaired) electrons. The number of anilines is 2. The van der Waals surface area contributed by atoms with E-state index in [0.717, 1.165) is 5.56 Å². The molecule has 7 heteroatoms. The standard InChI is InChI=1S/C10H11N3O2S2/c1-7-4-5-16-10(7)17(14,15)13-8-2-3-9(11)12-6-8/h2-6,13H,1H3,(H2,11,12). The van der Waals surface area contributed by atoms with Crippen LogP contribution in [0.5, 0.6) is 0 Å². The second-order valence-corrected chi connectivity index (χ2v) is 6.26. The summed E-state index contributed by atoms with van der Waals surface area (Å²) in [5.41, 5.74) is 6.55. The van der Waals surface area contributed by atoms with Gasteiger partial charge in [0.1, 0.15) is 10.0 Å². The Labute approximate surface area is 103 Å². The van der Waals surface area contributed by atoms with Crippen LogP contribution in [0.2, 0.25) is 0 Å². The van der Waals surface area contributed by atoms with E-state index in [1.54, 1.807) is 30.5 Å². The number of nitrogen functional groups attached to an aromatic ring is 1. The second-order valence-electron chi connectivity index (χ2n) is 3.47. The minimum atomic E-state index is -3.53. The maximum atomic E-state index is 12.0. The Morgan fingerprint density at radius 3 is 2.65 bits per heavy atom. The van der Waals surface area contributed by atoms with Gasteiger partial charge in [-0.25, -0.2) is 13.4 Å². The number of hydrogen-bond acceptors (Lipinski definition) is 5. The molecule has 90 valence electrons. The number of pyridine rings is 1. The van der Waals surface area contributed by atoms with E-state index in [1.807, 2.05) is 0 Å². The average Bonchev–Trinajstić information content (AvgIpc) is 2.68. The molecule has 0 fully saturated rings. The highest BCUT2D eigenvalue weighted by molar-refractivity contribution is 7.94. The molecule has 2 aromatic rings. The molecule has 0 aliphatic carbocycles. The molecule has 0 atom stereocenters. The van der Waals surface area contributed by atoms with E-state index in [4.69, 9.17) is 5.73 Å². The summed E-state index contributed by atoms with van der Waals surface area (Å²) in [7, 11) is -3.53. The molecule has 2 heterocycles. The summed E-state index contributed by atoms with van der Waals surface area (Å²) in [6.45, 7) is 1.76. The van der Waals surface area contributed by atoms with Crippen LogP contribution in [-0.4, -0.2) is 13.4 Å². The summed E-state index contributed by atoms with van der Waals surface area (Å²) in [6.07, 6.45) is 1.38. The van der Waals surface area contributed by atoms with Crippen LogP contribution in [0.1, 0.15) is 5.56 Å². The number of sulfonamides is 1. The summed E-state index contributed by atoms with van der Waals surface area (Å²) < 4.78 is 26.8. The van der Waals surface area contributed by atoms with Gasteiger partial charge in [0.2, 0.25) is 0 Å². The van der Waals surface area contributed by atoms with Crippen molar-refractivity contribution in [1.29, 1.82) is 0 Å². The fraction of sp³-hybridized carbons (Fsp3) is 0.100. The third-order valence-corrected chi connectivity index (χ3v) is 5.17. The topological polar surface area (TPSA) is 85.1 Å². The van der Waals surface area contributed by atoms with Gasteiger partial charge in [0.25, 0.3) is 10.0 Å². The van der Waals surface area contributed by atoms with Gasteiger partial charge in [-0.15, -0.1) is 11.3 Å². The lowest BCUT2D eigenvalue weighted by atomic mass is 10.4. The van der Waals surface area contributed by atoms with E-state index in [0.29, 0.717) is 15.7 Å². The van der Waals surface area contributed by atoms with Gasteiger partial charge in [0.05, 0.1) is 11.9 Å². The fourth-order valence-electron chi connectivity index (χ4n) is 1.30. The summed E-state index contributed by atoms with van der Waals surface area (Å²) in [6, 6.07) is 4.88. The van der Waals surface area contributed by atoms with Crippen LogP contribution in [0.4, 0.5) is 11.5 Å². The van der Waals surface area contributed by atoms with E-state index in [9.17, 15) is 8.42 Å². The molecular formula is C10H11N3O2S2. The maximum Gasteiger partial charge on any atom is 0.271 e. The molecule has 0 unspecified atom stereocenters. The molecule has 2 rings (SSSR count). The van der Waals surface area contributed by atoms with Crippen molar-refractivity contribution >= 4 is 32.9 Å². The molecule has 0 aliphatic rings. The number of aromatic nitrogens is 1. The summed E-state index contributed by atoms with van der Waals surface area (Å²) >= 11 is 1.18. The van der Waals surface area contributed by atoms with Crippen LogP contribution in [0, 0.1) is 6.92 Å². The van der Waals surface area contributed by atoms with Crippen molar-refractivity contribution in [2.24, 2.45) is 0 Å². The Morgan fingerprint density at radius 1 is 1.35 bits per heavy atom. The first-order valence-electron chi connectivity index (χ1n) is 4.77. The minimum Gasteiger partial charge on any atom is -0.384 e.